The predicted octanol–water partition coefficient (Wildman–Crippen LogP) is 1.13. The Morgan fingerprint density at radius 1 is 1.32 bits per heavy atom. The van der Waals surface area contributed by atoms with Gasteiger partial charge < -0.3 is 10.6 Å². The zero-order valence-corrected chi connectivity index (χ0v) is 11.3. The van der Waals surface area contributed by atoms with Gasteiger partial charge in [0, 0.05) is 19.5 Å². The average Bonchev–Trinajstić information content (AvgIpc) is 2.79. The molecular formula is C15H20N2O2. The molecule has 2 rings (SSSR count). The van der Waals surface area contributed by atoms with Crippen LogP contribution in [0.1, 0.15) is 24.5 Å². The molecule has 1 aliphatic heterocycles. The summed E-state index contributed by atoms with van der Waals surface area (Å²) < 4.78 is 0. The summed E-state index contributed by atoms with van der Waals surface area (Å²) in [6, 6.07) is 8.44. The van der Waals surface area contributed by atoms with Gasteiger partial charge in [0.15, 0.2) is 0 Å². The first kappa shape index (κ1) is 13.6. The summed E-state index contributed by atoms with van der Waals surface area (Å²) in [6.07, 6.45) is 2.12. The van der Waals surface area contributed by atoms with Crippen LogP contribution in [0.4, 0.5) is 0 Å². The number of primary amides is 1. The Kier molecular flexibility index (Phi) is 4.20. The maximum absolute atomic E-state index is 11.7. The molecule has 4 nitrogen and oxygen atoms in total. The van der Waals surface area contributed by atoms with Crippen molar-refractivity contribution in [2.45, 2.75) is 26.2 Å². The van der Waals surface area contributed by atoms with E-state index in [1.54, 1.807) is 4.90 Å². The van der Waals surface area contributed by atoms with Crippen molar-refractivity contribution in [1.29, 1.82) is 0 Å². The molecule has 2 N–H and O–H groups in total. The second-order valence-corrected chi connectivity index (χ2v) is 5.06. The number of carbonyl (C=O) groups is 2. The molecule has 0 spiro atoms. The number of hydrogen-bond donors (Lipinski definition) is 1. The zero-order chi connectivity index (χ0) is 13.8. The van der Waals surface area contributed by atoms with Crippen LogP contribution in [0.5, 0.6) is 0 Å². The van der Waals surface area contributed by atoms with Crippen molar-refractivity contribution in [3.05, 3.63) is 35.4 Å². The lowest BCUT2D eigenvalue weighted by atomic mass is 10.1. The molecule has 0 saturated carbocycles. The van der Waals surface area contributed by atoms with E-state index in [9.17, 15) is 9.59 Å². The fourth-order valence-electron chi connectivity index (χ4n) is 2.38. The molecule has 4 heteroatoms. The molecule has 19 heavy (non-hydrogen) atoms. The maximum Gasteiger partial charge on any atom is 0.223 e. The maximum atomic E-state index is 11.7. The first-order valence-corrected chi connectivity index (χ1v) is 6.75. The second-order valence-electron chi connectivity index (χ2n) is 5.06. The summed E-state index contributed by atoms with van der Waals surface area (Å²) in [6.45, 7) is 3.26. The number of hydrogen-bond acceptors (Lipinski definition) is 2. The standard InChI is InChI=1S/C15H20N2O2/c1-2-11-3-5-12(6-4-11)7-8-17-10-13(15(16)19)9-14(17)18/h3-6,13H,2,7-10H2,1H3,(H2,16,19). The number of carbonyl (C=O) groups excluding carboxylic acids is 2. The molecule has 0 bridgehead atoms. The van der Waals surface area contributed by atoms with Gasteiger partial charge in [-0.25, -0.2) is 0 Å². The van der Waals surface area contributed by atoms with Gasteiger partial charge in [-0.05, 0) is 24.0 Å². The number of likely N-dealkylation sites (tertiary alicyclic amines) is 1. The molecule has 1 fully saturated rings. The number of nitrogens with zero attached hydrogens (tertiary/aromatic N) is 1. The van der Waals surface area contributed by atoms with Gasteiger partial charge in [-0.1, -0.05) is 31.2 Å². The Labute approximate surface area is 113 Å². The van der Waals surface area contributed by atoms with Gasteiger partial charge in [-0.3, -0.25) is 9.59 Å². The van der Waals surface area contributed by atoms with Crippen molar-refractivity contribution >= 4 is 11.8 Å². The molecule has 1 aromatic carbocycles. The van der Waals surface area contributed by atoms with E-state index in [4.69, 9.17) is 5.73 Å². The summed E-state index contributed by atoms with van der Waals surface area (Å²) in [5.41, 5.74) is 7.77. The molecule has 0 aromatic heterocycles. The number of rotatable bonds is 5. The summed E-state index contributed by atoms with van der Waals surface area (Å²) in [5, 5.41) is 0. The summed E-state index contributed by atoms with van der Waals surface area (Å²) in [4.78, 5) is 24.5. The first-order chi connectivity index (χ1) is 9.10. The molecule has 1 saturated heterocycles. The number of nitrogens with two attached hydrogens (primary N) is 1. The fourth-order valence-corrected chi connectivity index (χ4v) is 2.38. The van der Waals surface area contributed by atoms with Gasteiger partial charge in [0.2, 0.25) is 11.8 Å². The molecule has 0 aliphatic carbocycles. The Morgan fingerprint density at radius 3 is 2.47 bits per heavy atom. The highest BCUT2D eigenvalue weighted by Gasteiger charge is 2.32. The lowest BCUT2D eigenvalue weighted by molar-refractivity contribution is -0.128. The van der Waals surface area contributed by atoms with E-state index < -0.39 is 0 Å². The van der Waals surface area contributed by atoms with Crippen LogP contribution < -0.4 is 5.73 Å². The molecule has 1 unspecified atom stereocenters. The van der Waals surface area contributed by atoms with E-state index in [2.05, 4.69) is 31.2 Å². The van der Waals surface area contributed by atoms with Gasteiger partial charge in [0.25, 0.3) is 0 Å². The summed E-state index contributed by atoms with van der Waals surface area (Å²) in [7, 11) is 0. The Bertz CT molecular complexity index is 468. The highest BCUT2D eigenvalue weighted by atomic mass is 16.2. The minimum atomic E-state index is -0.372. The molecular weight excluding hydrogens is 240 g/mol. The minimum Gasteiger partial charge on any atom is -0.369 e. The first-order valence-electron chi connectivity index (χ1n) is 6.75. The van der Waals surface area contributed by atoms with Crippen molar-refractivity contribution in [1.82, 2.24) is 4.90 Å². The topological polar surface area (TPSA) is 63.4 Å². The van der Waals surface area contributed by atoms with Crippen LogP contribution in [0, 0.1) is 5.92 Å². The van der Waals surface area contributed by atoms with Crippen LogP contribution >= 0.6 is 0 Å². The van der Waals surface area contributed by atoms with Crippen LogP contribution in [0.3, 0.4) is 0 Å². The Morgan fingerprint density at radius 2 is 1.95 bits per heavy atom. The van der Waals surface area contributed by atoms with Gasteiger partial charge in [0.1, 0.15) is 0 Å². The third-order valence-electron chi connectivity index (χ3n) is 3.72. The smallest absolute Gasteiger partial charge is 0.223 e. The van der Waals surface area contributed by atoms with E-state index in [1.165, 1.54) is 11.1 Å². The van der Waals surface area contributed by atoms with Crippen molar-refractivity contribution in [2.75, 3.05) is 13.1 Å². The SMILES string of the molecule is CCc1ccc(CCN2CC(C(N)=O)CC2=O)cc1. The number of aryl methyl sites for hydroxylation is 1. The number of amides is 2. The van der Waals surface area contributed by atoms with Crippen molar-refractivity contribution in [3.8, 4) is 0 Å². The number of benzene rings is 1. The normalized spacial score (nSPS) is 18.9. The highest BCUT2D eigenvalue weighted by molar-refractivity contribution is 5.88. The molecule has 0 radical (unpaired) electrons. The second kappa shape index (κ2) is 5.87. The molecule has 1 aromatic rings. The quantitative estimate of drug-likeness (QED) is 0.862. The largest absolute Gasteiger partial charge is 0.369 e. The Balaban J connectivity index is 1.88. The lowest BCUT2D eigenvalue weighted by Gasteiger charge is -2.16. The molecule has 102 valence electrons. The Hall–Kier alpha value is -1.84. The molecule has 1 heterocycles. The van der Waals surface area contributed by atoms with Crippen molar-refractivity contribution in [2.24, 2.45) is 11.7 Å². The van der Waals surface area contributed by atoms with E-state index in [0.29, 0.717) is 13.1 Å². The van der Waals surface area contributed by atoms with Crippen LogP contribution in [0.2, 0.25) is 0 Å². The molecule has 1 aliphatic rings. The van der Waals surface area contributed by atoms with Crippen molar-refractivity contribution < 1.29 is 9.59 Å². The lowest BCUT2D eigenvalue weighted by Crippen LogP contribution is -2.30. The van der Waals surface area contributed by atoms with Gasteiger partial charge in [-0.15, -0.1) is 0 Å². The molecule has 1 atom stereocenters. The average molecular weight is 260 g/mol. The van der Waals surface area contributed by atoms with E-state index >= 15 is 0 Å². The van der Waals surface area contributed by atoms with E-state index in [1.807, 2.05) is 0 Å². The van der Waals surface area contributed by atoms with Crippen LogP contribution in [0.15, 0.2) is 24.3 Å². The van der Waals surface area contributed by atoms with E-state index in [-0.39, 0.29) is 24.2 Å². The van der Waals surface area contributed by atoms with Crippen LogP contribution in [-0.2, 0) is 22.4 Å². The monoisotopic (exact) mass is 260 g/mol. The van der Waals surface area contributed by atoms with Crippen LogP contribution in [-0.4, -0.2) is 29.8 Å². The third-order valence-corrected chi connectivity index (χ3v) is 3.72. The summed E-state index contributed by atoms with van der Waals surface area (Å²) in [5.74, 6) is -0.646. The van der Waals surface area contributed by atoms with Crippen molar-refractivity contribution in [3.63, 3.8) is 0 Å². The van der Waals surface area contributed by atoms with Gasteiger partial charge in [-0.2, -0.15) is 0 Å². The summed E-state index contributed by atoms with van der Waals surface area (Å²) >= 11 is 0. The highest BCUT2D eigenvalue weighted by Crippen LogP contribution is 2.17. The third kappa shape index (κ3) is 3.34. The van der Waals surface area contributed by atoms with Gasteiger partial charge in [0.05, 0.1) is 5.92 Å². The zero-order valence-electron chi connectivity index (χ0n) is 11.3. The van der Waals surface area contributed by atoms with Gasteiger partial charge >= 0.3 is 0 Å². The fraction of sp³-hybridized carbons (Fsp3) is 0.467. The van der Waals surface area contributed by atoms with E-state index in [0.717, 1.165) is 12.8 Å². The minimum absolute atomic E-state index is 0.0361. The predicted molar refractivity (Wildman–Crippen MR) is 73.4 cm³/mol. The molecule has 2 amide bonds. The van der Waals surface area contributed by atoms with Crippen LogP contribution in [0.25, 0.3) is 0 Å².